The predicted molar refractivity (Wildman–Crippen MR) is 196 cm³/mol. The fourth-order valence-electron chi connectivity index (χ4n) is 7.07. The number of nitrogens with one attached hydrogen (secondary N) is 4. The number of benzene rings is 2. The first kappa shape index (κ1) is 38.0. The van der Waals surface area contributed by atoms with Gasteiger partial charge in [-0.05, 0) is 61.8 Å². The Bertz CT molecular complexity index is 1800. The van der Waals surface area contributed by atoms with E-state index in [-0.39, 0.29) is 12.1 Å². The summed E-state index contributed by atoms with van der Waals surface area (Å²) in [6, 6.07) is 14.3. The van der Waals surface area contributed by atoms with E-state index in [4.69, 9.17) is 4.74 Å². The molecule has 2 saturated heterocycles. The first-order valence-corrected chi connectivity index (χ1v) is 18.0. The highest BCUT2D eigenvalue weighted by Gasteiger charge is 2.40. The van der Waals surface area contributed by atoms with Crippen LogP contribution in [0, 0.1) is 0 Å². The number of carbonyl (C=O) groups excluding carboxylic acids is 4. The summed E-state index contributed by atoms with van der Waals surface area (Å²) < 4.78 is 9.80. The largest absolute Gasteiger partial charge is 0.453 e. The smallest absolute Gasteiger partial charge is 0.407 e. The fraction of sp³-hybridized carbons (Fsp3) is 0.421. The highest BCUT2D eigenvalue weighted by atomic mass is 16.6. The van der Waals surface area contributed by atoms with E-state index in [1.54, 1.807) is 22.2 Å². The minimum atomic E-state index is -1.33. The summed E-state index contributed by atoms with van der Waals surface area (Å²) in [7, 11) is 2.59. The van der Waals surface area contributed by atoms with Crippen LogP contribution in [0.25, 0.3) is 33.6 Å². The molecule has 2 aromatic carbocycles. The van der Waals surface area contributed by atoms with Gasteiger partial charge in [0.2, 0.25) is 12.0 Å². The standard InChI is InChI=1S/C38H46N8O8/c1-21(47)31(44-38(52)53-4)35(49)45-17-5-7-29(45)33-40-19-27(42-33)25-13-9-23(10-14-25)24-11-15-26(16-12-24)28-20-41-34(43-28)30-8-6-18-46(30)36(50)32(22(2)48)54-37(51)39-3/h9-16,19-22,29-32,47-48H,5-8,17-18H2,1-4H3,(H,39,51)(H,40,42)(H,41,43)(H,44,52)/t21-,22-,29-,30-,31-,32-/m0/s1. The van der Waals surface area contributed by atoms with Gasteiger partial charge in [0.25, 0.3) is 5.91 Å². The second-order valence-electron chi connectivity index (χ2n) is 13.6. The van der Waals surface area contributed by atoms with Gasteiger partial charge in [-0.3, -0.25) is 9.59 Å². The summed E-state index contributed by atoms with van der Waals surface area (Å²) in [6.07, 6.45) is 1.15. The molecular weight excluding hydrogens is 696 g/mol. The molecule has 16 nitrogen and oxygen atoms in total. The van der Waals surface area contributed by atoms with Gasteiger partial charge in [-0.2, -0.15) is 0 Å². The number of aromatic amines is 2. The zero-order valence-corrected chi connectivity index (χ0v) is 30.6. The maximum absolute atomic E-state index is 13.4. The molecule has 0 bridgehead atoms. The third-order valence-electron chi connectivity index (χ3n) is 9.95. The summed E-state index contributed by atoms with van der Waals surface area (Å²) in [5.41, 5.74) is 5.44. The molecule has 0 aliphatic carbocycles. The molecular formula is C38H46N8O8. The summed E-state index contributed by atoms with van der Waals surface area (Å²) in [5, 5.41) is 25.1. The van der Waals surface area contributed by atoms with Crippen LogP contribution >= 0.6 is 0 Å². The zero-order valence-electron chi connectivity index (χ0n) is 30.6. The number of nitrogens with zero attached hydrogens (tertiary/aromatic N) is 4. The summed E-state index contributed by atoms with van der Waals surface area (Å²) in [4.78, 5) is 69.4. The van der Waals surface area contributed by atoms with Crippen molar-refractivity contribution in [3.8, 4) is 33.6 Å². The molecule has 6 atom stereocenters. The molecule has 4 amide bonds. The van der Waals surface area contributed by atoms with Crippen molar-refractivity contribution in [3.05, 3.63) is 72.6 Å². The lowest BCUT2D eigenvalue weighted by molar-refractivity contribution is -0.146. The average Bonchev–Trinajstić information content (AvgIpc) is 4.02. The Morgan fingerprint density at radius 1 is 0.741 bits per heavy atom. The van der Waals surface area contributed by atoms with Crippen molar-refractivity contribution in [1.29, 1.82) is 0 Å². The van der Waals surface area contributed by atoms with Crippen LogP contribution in [0.15, 0.2) is 60.9 Å². The Balaban J connectivity index is 1.11. The number of rotatable bonds is 11. The van der Waals surface area contributed by atoms with Gasteiger partial charge < -0.3 is 50.1 Å². The van der Waals surface area contributed by atoms with Crippen LogP contribution < -0.4 is 10.6 Å². The van der Waals surface area contributed by atoms with Gasteiger partial charge in [0.1, 0.15) is 17.7 Å². The van der Waals surface area contributed by atoms with Crippen molar-refractivity contribution >= 4 is 24.0 Å². The first-order chi connectivity index (χ1) is 26.0. The van der Waals surface area contributed by atoms with E-state index in [2.05, 4.69) is 35.3 Å². The van der Waals surface area contributed by atoms with E-state index in [0.717, 1.165) is 46.5 Å². The van der Waals surface area contributed by atoms with Crippen LogP contribution in [0.2, 0.25) is 0 Å². The normalized spacial score (nSPS) is 19.1. The number of aliphatic hydroxyl groups is 2. The van der Waals surface area contributed by atoms with Gasteiger partial charge in [0.15, 0.2) is 0 Å². The molecule has 6 N–H and O–H groups in total. The Kier molecular flexibility index (Phi) is 11.6. The number of ether oxygens (including phenoxy) is 2. The van der Waals surface area contributed by atoms with Crippen molar-refractivity contribution < 1.29 is 38.9 Å². The van der Waals surface area contributed by atoms with Crippen LogP contribution in [0.1, 0.15) is 63.3 Å². The summed E-state index contributed by atoms with van der Waals surface area (Å²) in [6.45, 7) is 3.79. The third kappa shape index (κ3) is 8.09. The number of aromatic nitrogens is 4. The number of amides is 4. The molecule has 0 spiro atoms. The van der Waals surface area contributed by atoms with E-state index >= 15 is 0 Å². The van der Waals surface area contributed by atoms with Crippen molar-refractivity contribution in [2.24, 2.45) is 0 Å². The molecule has 4 heterocycles. The lowest BCUT2D eigenvalue weighted by Gasteiger charge is -2.29. The second-order valence-corrected chi connectivity index (χ2v) is 13.6. The maximum atomic E-state index is 13.4. The van der Waals surface area contributed by atoms with Crippen molar-refractivity contribution in [2.45, 2.75) is 76.0 Å². The number of hydrogen-bond acceptors (Lipinski definition) is 10. The van der Waals surface area contributed by atoms with E-state index in [1.165, 1.54) is 28.0 Å². The van der Waals surface area contributed by atoms with Crippen LogP contribution in [-0.4, -0.2) is 116 Å². The van der Waals surface area contributed by atoms with Crippen molar-refractivity contribution in [3.63, 3.8) is 0 Å². The number of methoxy groups -OCH3 is 1. The van der Waals surface area contributed by atoms with Gasteiger partial charge in [0, 0.05) is 20.1 Å². The zero-order chi connectivity index (χ0) is 38.5. The van der Waals surface area contributed by atoms with Gasteiger partial charge in [0.05, 0.1) is 55.2 Å². The highest BCUT2D eigenvalue weighted by Crippen LogP contribution is 2.35. The molecule has 2 aliphatic heterocycles. The van der Waals surface area contributed by atoms with Crippen LogP contribution in [0.4, 0.5) is 9.59 Å². The lowest BCUT2D eigenvalue weighted by atomic mass is 10.0. The number of aliphatic hydroxyl groups excluding tert-OH is 2. The van der Waals surface area contributed by atoms with Crippen LogP contribution in [0.3, 0.4) is 0 Å². The van der Waals surface area contributed by atoms with Crippen LogP contribution in [-0.2, 0) is 19.1 Å². The Labute approximate surface area is 312 Å². The van der Waals surface area contributed by atoms with Crippen molar-refractivity contribution in [2.75, 3.05) is 27.2 Å². The summed E-state index contributed by atoms with van der Waals surface area (Å²) >= 11 is 0. The molecule has 6 rings (SSSR count). The summed E-state index contributed by atoms with van der Waals surface area (Å²) in [5.74, 6) is 0.381. The topological polar surface area (TPSA) is 215 Å². The second kappa shape index (κ2) is 16.5. The van der Waals surface area contributed by atoms with E-state index in [1.807, 2.05) is 48.5 Å². The minimum absolute atomic E-state index is 0.326. The number of imidazole rings is 2. The quantitative estimate of drug-likeness (QED) is 0.131. The Morgan fingerprint density at radius 2 is 1.20 bits per heavy atom. The van der Waals surface area contributed by atoms with E-state index < -0.39 is 48.4 Å². The third-order valence-corrected chi connectivity index (χ3v) is 9.95. The number of hydrogen-bond donors (Lipinski definition) is 6. The molecule has 4 aromatic rings. The molecule has 54 heavy (non-hydrogen) atoms. The first-order valence-electron chi connectivity index (χ1n) is 18.0. The van der Waals surface area contributed by atoms with Gasteiger partial charge in [-0.1, -0.05) is 48.5 Å². The molecule has 2 aliphatic rings. The van der Waals surface area contributed by atoms with Gasteiger partial charge >= 0.3 is 12.2 Å². The molecule has 2 fully saturated rings. The molecule has 0 radical (unpaired) electrons. The van der Waals surface area contributed by atoms with Crippen molar-refractivity contribution in [1.82, 2.24) is 40.4 Å². The number of likely N-dealkylation sites (tertiary alicyclic amines) is 2. The lowest BCUT2D eigenvalue weighted by Crippen LogP contribution is -2.53. The Hall–Kier alpha value is -5.74. The fourth-order valence-corrected chi connectivity index (χ4v) is 7.07. The molecule has 0 unspecified atom stereocenters. The van der Waals surface area contributed by atoms with Gasteiger partial charge in [-0.25, -0.2) is 19.6 Å². The molecule has 2 aromatic heterocycles. The maximum Gasteiger partial charge on any atom is 0.407 e. The number of alkyl carbamates (subject to hydrolysis) is 2. The molecule has 16 heteroatoms. The molecule has 0 saturated carbocycles. The number of H-pyrrole nitrogens is 2. The number of carbonyl (C=O) groups is 4. The van der Waals surface area contributed by atoms with E-state index in [0.29, 0.717) is 37.6 Å². The molecule has 286 valence electrons. The highest BCUT2D eigenvalue weighted by molar-refractivity contribution is 5.87. The minimum Gasteiger partial charge on any atom is -0.453 e. The monoisotopic (exact) mass is 742 g/mol. The SMILES string of the molecule is CNC(=O)O[C@H](C(=O)N1CCC[C@H]1c1ncc(-c2ccc(-c3ccc(-c4cnc([C@@H]5CCCN5C(=O)[C@@H](NC(=O)OC)[C@H](C)O)[nH]4)cc3)cc2)[nH]1)[C@H](C)O. The predicted octanol–water partition coefficient (Wildman–Crippen LogP) is 3.67. The Morgan fingerprint density at radius 3 is 1.63 bits per heavy atom. The van der Waals surface area contributed by atoms with Gasteiger partial charge in [-0.15, -0.1) is 0 Å². The average molecular weight is 743 g/mol. The van der Waals surface area contributed by atoms with Crippen LogP contribution in [0.5, 0.6) is 0 Å². The van der Waals surface area contributed by atoms with E-state index in [9.17, 15) is 29.4 Å².